The largest absolute Gasteiger partial charge is 0.303 e. The van der Waals surface area contributed by atoms with E-state index in [-0.39, 0.29) is 17.1 Å². The normalized spacial score (nSPS) is 13.6. The lowest BCUT2D eigenvalue weighted by Crippen LogP contribution is -2.36. The van der Waals surface area contributed by atoms with Gasteiger partial charge in [0.05, 0.1) is 11.5 Å². The van der Waals surface area contributed by atoms with E-state index in [0.717, 1.165) is 6.07 Å². The van der Waals surface area contributed by atoms with Crippen LogP contribution >= 0.6 is 0 Å². The van der Waals surface area contributed by atoms with Crippen LogP contribution in [-0.2, 0) is 14.9 Å². The molecule has 0 saturated carbocycles. The second kappa shape index (κ2) is 5.54. The minimum atomic E-state index is -3.67. The monoisotopic (exact) mass is 262 g/mol. The van der Waals surface area contributed by atoms with Gasteiger partial charge in [-0.05, 0) is 37.6 Å². The van der Waals surface area contributed by atoms with E-state index in [1.807, 2.05) is 0 Å². The quantitative estimate of drug-likeness (QED) is 0.765. The third kappa shape index (κ3) is 3.74. The van der Waals surface area contributed by atoms with Crippen LogP contribution < -0.4 is 10.6 Å². The van der Waals surface area contributed by atoms with Crippen LogP contribution in [0.3, 0.4) is 0 Å². The predicted molar refractivity (Wildman–Crippen MR) is 61.1 cm³/mol. The molecule has 0 aliphatic rings. The fraction of sp³-hybridized carbons (Fsp3) is 0.400. The maximum Gasteiger partial charge on any atom is 0.240 e. The second-order valence-electron chi connectivity index (χ2n) is 3.77. The first-order valence-electron chi connectivity index (χ1n) is 4.97. The highest BCUT2D eigenvalue weighted by molar-refractivity contribution is 7.89. The lowest BCUT2D eigenvalue weighted by atomic mass is 10.2. The van der Waals surface area contributed by atoms with E-state index >= 15 is 0 Å². The Morgan fingerprint density at radius 3 is 2.71 bits per heavy atom. The molecule has 96 valence electrons. The molecular weight excluding hydrogens is 247 g/mol. The maximum atomic E-state index is 13.0. The average Bonchev–Trinajstić information content (AvgIpc) is 2.21. The van der Waals surface area contributed by atoms with Crippen LogP contribution in [0.25, 0.3) is 0 Å². The molecule has 0 bridgehead atoms. The van der Waals surface area contributed by atoms with Crippen LogP contribution in [-0.4, -0.2) is 21.1 Å². The number of hydrogen-bond acceptors (Lipinski definition) is 4. The fourth-order valence-electron chi connectivity index (χ4n) is 1.30. The summed E-state index contributed by atoms with van der Waals surface area (Å²) in [7, 11) is -3.67. The van der Waals surface area contributed by atoms with Crippen molar-refractivity contribution in [3.8, 4) is 0 Å². The third-order valence-corrected chi connectivity index (χ3v) is 3.73. The van der Waals surface area contributed by atoms with Gasteiger partial charge in [-0.1, -0.05) is 0 Å². The summed E-state index contributed by atoms with van der Waals surface area (Å²) in [5, 5.41) is 0. The minimum Gasteiger partial charge on any atom is -0.303 e. The highest BCUT2D eigenvalue weighted by Gasteiger charge is 2.18. The van der Waals surface area contributed by atoms with Crippen molar-refractivity contribution in [1.82, 2.24) is 4.72 Å². The van der Waals surface area contributed by atoms with Crippen LogP contribution in [0.2, 0.25) is 0 Å². The zero-order valence-corrected chi connectivity index (χ0v) is 10.4. The molecule has 1 atom stereocenters. The molecule has 1 unspecified atom stereocenters. The van der Waals surface area contributed by atoms with Crippen molar-refractivity contribution < 1.29 is 17.6 Å². The van der Waals surface area contributed by atoms with Crippen molar-refractivity contribution in [2.75, 3.05) is 6.61 Å². The molecule has 0 radical (unpaired) electrons. The molecular formula is C10H15FN2O3S. The first-order chi connectivity index (χ1) is 7.86. The van der Waals surface area contributed by atoms with E-state index in [0.29, 0.717) is 0 Å². The molecule has 5 nitrogen and oxygen atoms in total. The van der Waals surface area contributed by atoms with Crippen LogP contribution in [0, 0.1) is 12.7 Å². The number of nitrogens with two attached hydrogens (primary N) is 1. The Bertz CT molecular complexity index is 490. The molecule has 0 spiro atoms. The van der Waals surface area contributed by atoms with Crippen molar-refractivity contribution >= 4 is 10.0 Å². The Kier molecular flexibility index (Phi) is 4.58. The average molecular weight is 262 g/mol. The molecule has 1 aromatic carbocycles. The highest BCUT2D eigenvalue weighted by atomic mass is 32.2. The number of hydrogen-bond donors (Lipinski definition) is 2. The molecule has 0 fully saturated rings. The van der Waals surface area contributed by atoms with E-state index in [1.165, 1.54) is 19.1 Å². The first kappa shape index (κ1) is 14.0. The fourth-order valence-corrected chi connectivity index (χ4v) is 2.61. The van der Waals surface area contributed by atoms with Gasteiger partial charge in [0.25, 0.3) is 0 Å². The van der Waals surface area contributed by atoms with Gasteiger partial charge in [-0.2, -0.15) is 0 Å². The van der Waals surface area contributed by atoms with Crippen molar-refractivity contribution in [3.05, 3.63) is 29.6 Å². The summed E-state index contributed by atoms with van der Waals surface area (Å²) in [6, 6.07) is 3.14. The summed E-state index contributed by atoms with van der Waals surface area (Å²) in [4.78, 5) is 4.36. The molecule has 0 heterocycles. The van der Waals surface area contributed by atoms with Crippen LogP contribution in [0.1, 0.15) is 12.5 Å². The number of aryl methyl sites for hydroxylation is 1. The summed E-state index contributed by atoms with van der Waals surface area (Å²) in [5.41, 5.74) is 0.274. The Labute approximate surface area is 99.8 Å². The number of benzene rings is 1. The molecule has 7 heteroatoms. The zero-order chi connectivity index (χ0) is 13.1. The van der Waals surface area contributed by atoms with Crippen LogP contribution in [0.4, 0.5) is 4.39 Å². The standard InChI is InChI=1S/C10H15FN2O3S/c1-7-5-9(3-4-10(7)11)17(14,15)13-8(2)6-16-12/h3-5,8,13H,6,12H2,1-2H3. The number of halogens is 1. The Morgan fingerprint density at radius 1 is 1.53 bits per heavy atom. The van der Waals surface area contributed by atoms with Crippen molar-refractivity contribution in [2.24, 2.45) is 5.90 Å². The lowest BCUT2D eigenvalue weighted by molar-refractivity contribution is 0.124. The van der Waals surface area contributed by atoms with E-state index < -0.39 is 21.9 Å². The van der Waals surface area contributed by atoms with Gasteiger partial charge in [-0.25, -0.2) is 23.4 Å². The van der Waals surface area contributed by atoms with Gasteiger partial charge >= 0.3 is 0 Å². The summed E-state index contributed by atoms with van der Waals surface area (Å²) in [6.07, 6.45) is 0. The smallest absolute Gasteiger partial charge is 0.240 e. The summed E-state index contributed by atoms with van der Waals surface area (Å²) >= 11 is 0. The van der Waals surface area contributed by atoms with E-state index in [2.05, 4.69) is 9.56 Å². The van der Waals surface area contributed by atoms with Gasteiger partial charge in [0, 0.05) is 6.04 Å². The summed E-state index contributed by atoms with van der Waals surface area (Å²) < 4.78 is 39.1. The third-order valence-electron chi connectivity index (χ3n) is 2.14. The van der Waals surface area contributed by atoms with Crippen LogP contribution in [0.5, 0.6) is 0 Å². The molecule has 1 rings (SSSR count). The van der Waals surface area contributed by atoms with Gasteiger partial charge < -0.3 is 4.84 Å². The van der Waals surface area contributed by atoms with Gasteiger partial charge in [-0.15, -0.1) is 0 Å². The highest BCUT2D eigenvalue weighted by Crippen LogP contribution is 2.14. The van der Waals surface area contributed by atoms with Crippen molar-refractivity contribution in [1.29, 1.82) is 0 Å². The van der Waals surface area contributed by atoms with Gasteiger partial charge in [-0.3, -0.25) is 0 Å². The summed E-state index contributed by atoms with van der Waals surface area (Å²) in [6.45, 7) is 3.17. The summed E-state index contributed by atoms with van der Waals surface area (Å²) in [5.74, 6) is 4.40. The zero-order valence-electron chi connectivity index (χ0n) is 9.60. The molecule has 0 saturated heterocycles. The van der Waals surface area contributed by atoms with E-state index in [9.17, 15) is 12.8 Å². The first-order valence-corrected chi connectivity index (χ1v) is 6.45. The van der Waals surface area contributed by atoms with Crippen molar-refractivity contribution in [3.63, 3.8) is 0 Å². The number of sulfonamides is 1. The van der Waals surface area contributed by atoms with Crippen molar-refractivity contribution in [2.45, 2.75) is 24.8 Å². The molecule has 1 aromatic rings. The topological polar surface area (TPSA) is 81.4 Å². The number of rotatable bonds is 5. The predicted octanol–water partition coefficient (Wildman–Crippen LogP) is 0.691. The molecule has 0 amide bonds. The number of nitrogens with one attached hydrogen (secondary N) is 1. The Balaban J connectivity index is 2.93. The molecule has 17 heavy (non-hydrogen) atoms. The maximum absolute atomic E-state index is 13.0. The van der Waals surface area contributed by atoms with Crippen LogP contribution in [0.15, 0.2) is 23.1 Å². The van der Waals surface area contributed by atoms with E-state index in [4.69, 9.17) is 5.90 Å². The molecule has 0 aliphatic carbocycles. The van der Waals surface area contributed by atoms with Gasteiger partial charge in [0.15, 0.2) is 0 Å². The molecule has 0 aliphatic heterocycles. The lowest BCUT2D eigenvalue weighted by Gasteiger charge is -2.13. The van der Waals surface area contributed by atoms with Gasteiger partial charge in [0.2, 0.25) is 10.0 Å². The Hall–Kier alpha value is -1.02. The minimum absolute atomic E-state index is 0.0141. The molecule has 3 N–H and O–H groups in total. The SMILES string of the molecule is Cc1cc(S(=O)(=O)NC(C)CON)ccc1F. The Morgan fingerprint density at radius 2 is 2.18 bits per heavy atom. The van der Waals surface area contributed by atoms with E-state index in [1.54, 1.807) is 6.92 Å². The second-order valence-corrected chi connectivity index (χ2v) is 5.48. The molecule has 0 aromatic heterocycles. The van der Waals surface area contributed by atoms with Gasteiger partial charge in [0.1, 0.15) is 5.82 Å².